The van der Waals surface area contributed by atoms with Crippen LogP contribution in [0.15, 0.2) is 24.3 Å². The van der Waals surface area contributed by atoms with E-state index in [1.165, 1.54) is 0 Å². The van der Waals surface area contributed by atoms with Gasteiger partial charge < -0.3 is 5.32 Å². The Morgan fingerprint density at radius 2 is 1.85 bits per heavy atom. The fourth-order valence-electron chi connectivity index (χ4n) is 0.951. The molecule has 13 heavy (non-hydrogen) atoms. The summed E-state index contributed by atoms with van der Waals surface area (Å²) >= 11 is 0. The van der Waals surface area contributed by atoms with Gasteiger partial charge in [-0.2, -0.15) is 0 Å². The number of benzene rings is 1. The maximum absolute atomic E-state index is 11.5. The van der Waals surface area contributed by atoms with Crippen molar-refractivity contribution in [2.45, 2.75) is 26.3 Å². The Morgan fingerprint density at radius 1 is 1.31 bits per heavy atom. The Labute approximate surface area is 79.0 Å². The fourth-order valence-corrected chi connectivity index (χ4v) is 0.951. The Morgan fingerprint density at radius 3 is 2.31 bits per heavy atom. The van der Waals surface area contributed by atoms with E-state index in [1.54, 1.807) is 24.3 Å². The van der Waals surface area contributed by atoms with E-state index in [0.717, 1.165) is 0 Å². The minimum absolute atomic E-state index is 0.0403. The average molecular weight is 176 g/mol. The number of carbonyl (C=O) groups excluding carboxylic acids is 1. The maximum Gasteiger partial charge on any atom is 0.251 e. The van der Waals surface area contributed by atoms with E-state index in [0.29, 0.717) is 5.56 Å². The molecule has 0 heterocycles. The maximum atomic E-state index is 11.5. The van der Waals surface area contributed by atoms with Crippen LogP contribution in [-0.2, 0) is 0 Å². The first kappa shape index (κ1) is 9.78. The second-order valence-corrected chi connectivity index (χ2v) is 3.99. The van der Waals surface area contributed by atoms with Crippen molar-refractivity contribution >= 4 is 5.91 Å². The SMILES string of the molecule is CC(C)(C)NC(=O)c1cc[c]cc1. The van der Waals surface area contributed by atoms with Crippen molar-refractivity contribution < 1.29 is 4.79 Å². The summed E-state index contributed by atoms with van der Waals surface area (Å²) in [6.07, 6.45) is 0. The molecule has 1 rings (SSSR count). The van der Waals surface area contributed by atoms with Crippen molar-refractivity contribution in [3.8, 4) is 0 Å². The van der Waals surface area contributed by atoms with Gasteiger partial charge in [0.25, 0.3) is 5.91 Å². The van der Waals surface area contributed by atoms with Gasteiger partial charge in [0.1, 0.15) is 0 Å². The highest BCUT2D eigenvalue weighted by molar-refractivity contribution is 5.94. The molecule has 0 aliphatic carbocycles. The Hall–Kier alpha value is -1.31. The largest absolute Gasteiger partial charge is 0.347 e. The van der Waals surface area contributed by atoms with Crippen LogP contribution in [0.4, 0.5) is 0 Å². The smallest absolute Gasteiger partial charge is 0.251 e. The second-order valence-electron chi connectivity index (χ2n) is 3.99. The number of hydrogen-bond donors (Lipinski definition) is 1. The van der Waals surface area contributed by atoms with Crippen molar-refractivity contribution in [3.05, 3.63) is 35.9 Å². The first-order chi connectivity index (χ1) is 5.99. The van der Waals surface area contributed by atoms with Gasteiger partial charge in [0.05, 0.1) is 0 Å². The third-order valence-electron chi connectivity index (χ3n) is 1.47. The van der Waals surface area contributed by atoms with Crippen molar-refractivity contribution in [1.82, 2.24) is 5.32 Å². The normalized spacial score (nSPS) is 11.0. The van der Waals surface area contributed by atoms with Gasteiger partial charge in [0.2, 0.25) is 0 Å². The molecular weight excluding hydrogens is 162 g/mol. The molecule has 69 valence electrons. The van der Waals surface area contributed by atoms with Crippen LogP contribution in [0.2, 0.25) is 0 Å². The van der Waals surface area contributed by atoms with Crippen LogP contribution in [-0.4, -0.2) is 11.4 Å². The average Bonchev–Trinajstić information content (AvgIpc) is 2.03. The summed E-state index contributed by atoms with van der Waals surface area (Å²) in [5.74, 6) is -0.0403. The Kier molecular flexibility index (Phi) is 2.71. The number of carbonyl (C=O) groups is 1. The monoisotopic (exact) mass is 176 g/mol. The molecule has 0 bridgehead atoms. The molecule has 0 spiro atoms. The molecule has 2 heteroatoms. The van der Waals surface area contributed by atoms with E-state index in [9.17, 15) is 4.79 Å². The summed E-state index contributed by atoms with van der Waals surface area (Å²) in [6, 6.07) is 9.84. The van der Waals surface area contributed by atoms with Gasteiger partial charge in [0, 0.05) is 11.1 Å². The molecule has 1 radical (unpaired) electrons. The first-order valence-electron chi connectivity index (χ1n) is 4.28. The number of nitrogens with one attached hydrogen (secondary N) is 1. The van der Waals surface area contributed by atoms with Gasteiger partial charge in [-0.25, -0.2) is 0 Å². The summed E-state index contributed by atoms with van der Waals surface area (Å²) in [5.41, 5.74) is 0.491. The minimum atomic E-state index is -0.184. The standard InChI is InChI=1S/C11H14NO/c1-11(2,3)12-10(13)9-7-5-4-6-8-9/h5-8H,1-3H3,(H,12,13). The predicted molar refractivity (Wildman–Crippen MR) is 52.5 cm³/mol. The molecule has 2 nitrogen and oxygen atoms in total. The molecule has 1 amide bonds. The van der Waals surface area contributed by atoms with Crippen LogP contribution < -0.4 is 5.32 Å². The molecular formula is C11H14NO. The zero-order valence-corrected chi connectivity index (χ0v) is 8.22. The van der Waals surface area contributed by atoms with E-state index < -0.39 is 0 Å². The highest BCUT2D eigenvalue weighted by Crippen LogP contribution is 2.03. The van der Waals surface area contributed by atoms with Crippen molar-refractivity contribution in [2.24, 2.45) is 0 Å². The van der Waals surface area contributed by atoms with Gasteiger partial charge in [0.15, 0.2) is 0 Å². The zero-order valence-electron chi connectivity index (χ0n) is 8.22. The van der Waals surface area contributed by atoms with Crippen LogP contribution in [0.1, 0.15) is 31.1 Å². The highest BCUT2D eigenvalue weighted by Gasteiger charge is 2.14. The number of hydrogen-bond acceptors (Lipinski definition) is 1. The molecule has 1 aromatic carbocycles. The number of amides is 1. The molecule has 0 saturated heterocycles. The van der Waals surface area contributed by atoms with Crippen LogP contribution in [0.25, 0.3) is 0 Å². The summed E-state index contributed by atoms with van der Waals surface area (Å²) in [6.45, 7) is 5.87. The van der Waals surface area contributed by atoms with Gasteiger partial charge in [-0.3, -0.25) is 4.79 Å². The fraction of sp³-hybridized carbons (Fsp3) is 0.364. The van der Waals surface area contributed by atoms with E-state index in [4.69, 9.17) is 0 Å². The van der Waals surface area contributed by atoms with E-state index in [-0.39, 0.29) is 11.4 Å². The topological polar surface area (TPSA) is 29.1 Å². The van der Waals surface area contributed by atoms with E-state index in [2.05, 4.69) is 11.4 Å². The van der Waals surface area contributed by atoms with Crippen molar-refractivity contribution in [2.75, 3.05) is 0 Å². The van der Waals surface area contributed by atoms with E-state index >= 15 is 0 Å². The van der Waals surface area contributed by atoms with Crippen molar-refractivity contribution in [1.29, 1.82) is 0 Å². The summed E-state index contributed by atoms with van der Waals surface area (Å²) in [4.78, 5) is 11.5. The zero-order chi connectivity index (χ0) is 9.90. The summed E-state index contributed by atoms with van der Waals surface area (Å²) in [7, 11) is 0. The summed E-state index contributed by atoms with van der Waals surface area (Å²) < 4.78 is 0. The summed E-state index contributed by atoms with van der Waals surface area (Å²) in [5, 5.41) is 2.88. The first-order valence-corrected chi connectivity index (χ1v) is 4.28. The molecule has 1 aromatic rings. The molecule has 1 N–H and O–H groups in total. The molecule has 0 saturated carbocycles. The lowest BCUT2D eigenvalue weighted by Gasteiger charge is -2.20. The predicted octanol–water partition coefficient (Wildman–Crippen LogP) is 2.02. The molecule has 0 atom stereocenters. The van der Waals surface area contributed by atoms with Gasteiger partial charge >= 0.3 is 0 Å². The van der Waals surface area contributed by atoms with Crippen molar-refractivity contribution in [3.63, 3.8) is 0 Å². The number of rotatable bonds is 1. The molecule has 0 fully saturated rings. The molecule has 0 aliphatic rings. The Bertz CT molecular complexity index is 285. The van der Waals surface area contributed by atoms with Crippen LogP contribution >= 0.6 is 0 Å². The van der Waals surface area contributed by atoms with Crippen LogP contribution in [0.3, 0.4) is 0 Å². The molecule has 0 unspecified atom stereocenters. The third kappa shape index (κ3) is 3.28. The van der Waals surface area contributed by atoms with Gasteiger partial charge in [-0.05, 0) is 39.0 Å². The minimum Gasteiger partial charge on any atom is -0.347 e. The lowest BCUT2D eigenvalue weighted by atomic mass is 10.1. The molecule has 0 aliphatic heterocycles. The van der Waals surface area contributed by atoms with Gasteiger partial charge in [-0.15, -0.1) is 0 Å². The lowest BCUT2D eigenvalue weighted by Crippen LogP contribution is -2.40. The third-order valence-corrected chi connectivity index (χ3v) is 1.47. The highest BCUT2D eigenvalue weighted by atomic mass is 16.1. The van der Waals surface area contributed by atoms with E-state index in [1.807, 2.05) is 20.8 Å². The van der Waals surface area contributed by atoms with Crippen LogP contribution in [0.5, 0.6) is 0 Å². The Balaban J connectivity index is 2.71. The molecule has 0 aromatic heterocycles. The van der Waals surface area contributed by atoms with Crippen LogP contribution in [0, 0.1) is 6.07 Å². The quantitative estimate of drug-likeness (QED) is 0.696. The van der Waals surface area contributed by atoms with Gasteiger partial charge in [-0.1, -0.05) is 12.1 Å². The lowest BCUT2D eigenvalue weighted by molar-refractivity contribution is 0.0919. The second kappa shape index (κ2) is 3.60.